The molecule has 20 heavy (non-hydrogen) atoms. The largest absolute Gasteiger partial charge is 0.306 e. The highest BCUT2D eigenvalue weighted by molar-refractivity contribution is 6.31. The second-order valence-corrected chi connectivity index (χ2v) is 4.47. The number of hydrogen-bond acceptors (Lipinski definition) is 4. The summed E-state index contributed by atoms with van der Waals surface area (Å²) in [6, 6.07) is 8.91. The third kappa shape index (κ3) is 3.10. The first-order valence-corrected chi connectivity index (χ1v) is 6.04. The van der Waals surface area contributed by atoms with Gasteiger partial charge in [-0.3, -0.25) is 14.9 Å². The number of aryl methyl sites for hydroxylation is 1. The SMILES string of the molecule is Cc1cccc(NC(=O)c2cc(Cl)ccc2[N+](=O)[O-])n1. The molecule has 0 saturated heterocycles. The molecule has 0 saturated carbocycles. The van der Waals surface area contributed by atoms with Crippen molar-refractivity contribution in [3.05, 3.63) is 62.8 Å². The van der Waals surface area contributed by atoms with Crippen LogP contribution >= 0.6 is 11.6 Å². The zero-order valence-electron chi connectivity index (χ0n) is 10.5. The lowest BCUT2D eigenvalue weighted by Gasteiger charge is -2.06. The van der Waals surface area contributed by atoms with Gasteiger partial charge in [0.2, 0.25) is 0 Å². The van der Waals surface area contributed by atoms with E-state index in [4.69, 9.17) is 11.6 Å². The summed E-state index contributed by atoms with van der Waals surface area (Å²) >= 11 is 5.78. The number of nitrogens with zero attached hydrogens (tertiary/aromatic N) is 2. The van der Waals surface area contributed by atoms with Crippen molar-refractivity contribution in [1.82, 2.24) is 4.98 Å². The van der Waals surface area contributed by atoms with E-state index in [1.807, 2.05) is 0 Å². The fourth-order valence-corrected chi connectivity index (χ4v) is 1.82. The van der Waals surface area contributed by atoms with E-state index in [2.05, 4.69) is 10.3 Å². The van der Waals surface area contributed by atoms with Crippen molar-refractivity contribution in [2.24, 2.45) is 0 Å². The summed E-state index contributed by atoms with van der Waals surface area (Å²) < 4.78 is 0. The fourth-order valence-electron chi connectivity index (χ4n) is 1.65. The Labute approximate surface area is 119 Å². The highest BCUT2D eigenvalue weighted by Gasteiger charge is 2.20. The average Bonchev–Trinajstić information content (AvgIpc) is 2.38. The lowest BCUT2D eigenvalue weighted by molar-refractivity contribution is -0.385. The number of nitrogens with one attached hydrogen (secondary N) is 1. The van der Waals surface area contributed by atoms with Gasteiger partial charge in [-0.25, -0.2) is 4.98 Å². The van der Waals surface area contributed by atoms with Crippen LogP contribution in [0.5, 0.6) is 0 Å². The summed E-state index contributed by atoms with van der Waals surface area (Å²) in [5.74, 6) is -0.304. The molecule has 0 spiro atoms. The van der Waals surface area contributed by atoms with Gasteiger partial charge in [0.05, 0.1) is 4.92 Å². The first kappa shape index (κ1) is 14.0. The van der Waals surface area contributed by atoms with Gasteiger partial charge in [-0.2, -0.15) is 0 Å². The third-order valence-electron chi connectivity index (χ3n) is 2.53. The Balaban J connectivity index is 2.34. The molecular weight excluding hydrogens is 282 g/mol. The Morgan fingerprint density at radius 3 is 2.75 bits per heavy atom. The Bertz CT molecular complexity index is 688. The molecule has 6 nitrogen and oxygen atoms in total. The van der Waals surface area contributed by atoms with Gasteiger partial charge in [-0.15, -0.1) is 0 Å². The number of carbonyl (C=O) groups excluding carboxylic acids is 1. The highest BCUT2D eigenvalue weighted by atomic mass is 35.5. The molecule has 102 valence electrons. The minimum Gasteiger partial charge on any atom is -0.306 e. The molecular formula is C13H10ClN3O3. The summed E-state index contributed by atoms with van der Waals surface area (Å²) in [5.41, 5.74) is 0.314. The number of nitro groups is 1. The molecule has 0 unspecified atom stereocenters. The number of nitro benzene ring substituents is 1. The van der Waals surface area contributed by atoms with Gasteiger partial charge in [0.25, 0.3) is 11.6 Å². The minimum absolute atomic E-state index is 0.106. The summed E-state index contributed by atoms with van der Waals surface area (Å²) in [6.45, 7) is 1.78. The van der Waals surface area contributed by atoms with Gasteiger partial charge in [-0.05, 0) is 31.2 Å². The van der Waals surface area contributed by atoms with Crippen molar-refractivity contribution in [1.29, 1.82) is 0 Å². The van der Waals surface area contributed by atoms with E-state index in [1.54, 1.807) is 25.1 Å². The van der Waals surface area contributed by atoms with Crippen molar-refractivity contribution in [3.8, 4) is 0 Å². The van der Waals surface area contributed by atoms with Crippen molar-refractivity contribution in [3.63, 3.8) is 0 Å². The lowest BCUT2D eigenvalue weighted by atomic mass is 10.1. The van der Waals surface area contributed by atoms with E-state index in [9.17, 15) is 14.9 Å². The fraction of sp³-hybridized carbons (Fsp3) is 0.0769. The average molecular weight is 292 g/mol. The first-order chi connectivity index (χ1) is 9.47. The summed E-state index contributed by atoms with van der Waals surface area (Å²) in [7, 11) is 0. The second-order valence-electron chi connectivity index (χ2n) is 4.04. The minimum atomic E-state index is -0.630. The monoisotopic (exact) mass is 291 g/mol. The molecule has 1 amide bonds. The van der Waals surface area contributed by atoms with Crippen LogP contribution in [0.25, 0.3) is 0 Å². The number of anilines is 1. The number of benzene rings is 1. The maximum Gasteiger partial charge on any atom is 0.282 e. The van der Waals surface area contributed by atoms with E-state index >= 15 is 0 Å². The zero-order valence-corrected chi connectivity index (χ0v) is 11.2. The van der Waals surface area contributed by atoms with Crippen molar-refractivity contribution < 1.29 is 9.72 Å². The van der Waals surface area contributed by atoms with Gasteiger partial charge in [-0.1, -0.05) is 17.7 Å². The van der Waals surface area contributed by atoms with E-state index in [1.165, 1.54) is 18.2 Å². The molecule has 1 aromatic heterocycles. The Kier molecular flexibility index (Phi) is 3.95. The summed E-state index contributed by atoms with van der Waals surface area (Å²) in [5, 5.41) is 13.7. The summed E-state index contributed by atoms with van der Waals surface area (Å²) in [4.78, 5) is 26.5. The van der Waals surface area contributed by atoms with Gasteiger partial charge in [0.15, 0.2) is 0 Å². The maximum atomic E-state index is 12.1. The van der Waals surface area contributed by atoms with Crippen LogP contribution in [0.2, 0.25) is 5.02 Å². The quantitative estimate of drug-likeness (QED) is 0.695. The van der Waals surface area contributed by atoms with Crippen LogP contribution in [0.1, 0.15) is 16.1 Å². The van der Waals surface area contributed by atoms with Gasteiger partial charge < -0.3 is 5.32 Å². The second kappa shape index (κ2) is 5.66. The molecule has 7 heteroatoms. The predicted octanol–water partition coefficient (Wildman–Crippen LogP) is 3.20. The van der Waals surface area contributed by atoms with Crippen LogP contribution in [-0.4, -0.2) is 15.8 Å². The molecule has 1 aromatic carbocycles. The van der Waals surface area contributed by atoms with E-state index in [0.29, 0.717) is 5.82 Å². The van der Waals surface area contributed by atoms with Crippen molar-refractivity contribution in [2.75, 3.05) is 5.32 Å². The van der Waals surface area contributed by atoms with Crippen LogP contribution in [0.15, 0.2) is 36.4 Å². The topological polar surface area (TPSA) is 85.1 Å². The van der Waals surface area contributed by atoms with Crippen molar-refractivity contribution in [2.45, 2.75) is 6.92 Å². The molecule has 1 N–H and O–H groups in total. The number of hydrogen-bond donors (Lipinski definition) is 1. The molecule has 1 heterocycles. The van der Waals surface area contributed by atoms with Crippen molar-refractivity contribution >= 4 is 29.0 Å². The Hall–Kier alpha value is -2.47. The number of aromatic nitrogens is 1. The molecule has 0 aliphatic carbocycles. The van der Waals surface area contributed by atoms with Crippen LogP contribution in [0.3, 0.4) is 0 Å². The number of pyridine rings is 1. The van der Waals surface area contributed by atoms with Gasteiger partial charge in [0, 0.05) is 16.8 Å². The Morgan fingerprint density at radius 2 is 2.10 bits per heavy atom. The van der Waals surface area contributed by atoms with E-state index < -0.39 is 10.8 Å². The molecule has 2 aromatic rings. The standard InChI is InChI=1S/C13H10ClN3O3/c1-8-3-2-4-12(15-8)16-13(18)10-7-9(14)5-6-11(10)17(19)20/h2-7H,1H3,(H,15,16,18). The zero-order chi connectivity index (χ0) is 14.7. The summed E-state index contributed by atoms with van der Waals surface area (Å²) in [6.07, 6.45) is 0. The number of rotatable bonds is 3. The van der Waals surface area contributed by atoms with E-state index in [-0.39, 0.29) is 16.3 Å². The first-order valence-electron chi connectivity index (χ1n) is 5.66. The number of halogens is 1. The maximum absolute atomic E-state index is 12.1. The van der Waals surface area contributed by atoms with Crippen LogP contribution in [0, 0.1) is 17.0 Å². The molecule has 0 bridgehead atoms. The number of carbonyl (C=O) groups is 1. The van der Waals surface area contributed by atoms with Gasteiger partial charge in [0.1, 0.15) is 11.4 Å². The smallest absolute Gasteiger partial charge is 0.282 e. The Morgan fingerprint density at radius 1 is 1.35 bits per heavy atom. The molecule has 0 aliphatic rings. The number of amides is 1. The van der Waals surface area contributed by atoms with Gasteiger partial charge >= 0.3 is 0 Å². The highest BCUT2D eigenvalue weighted by Crippen LogP contribution is 2.23. The molecule has 0 aliphatic heterocycles. The lowest BCUT2D eigenvalue weighted by Crippen LogP contribution is -2.15. The predicted molar refractivity (Wildman–Crippen MR) is 75.0 cm³/mol. The normalized spacial score (nSPS) is 10.1. The molecule has 2 rings (SSSR count). The third-order valence-corrected chi connectivity index (χ3v) is 2.76. The molecule has 0 fully saturated rings. The molecule has 0 radical (unpaired) electrons. The van der Waals surface area contributed by atoms with E-state index in [0.717, 1.165) is 5.69 Å². The van der Waals surface area contributed by atoms with Crippen LogP contribution < -0.4 is 5.32 Å². The van der Waals surface area contributed by atoms with Crippen LogP contribution in [0.4, 0.5) is 11.5 Å². The molecule has 0 atom stereocenters. The van der Waals surface area contributed by atoms with Crippen LogP contribution in [-0.2, 0) is 0 Å².